The van der Waals surface area contributed by atoms with Gasteiger partial charge in [-0.2, -0.15) is 0 Å². The Hall–Kier alpha value is -4.28. The van der Waals surface area contributed by atoms with Gasteiger partial charge in [0.25, 0.3) is 0 Å². The maximum absolute atomic E-state index is 13.6. The van der Waals surface area contributed by atoms with Crippen molar-refractivity contribution in [2.24, 2.45) is 0 Å². The molecule has 0 bridgehead atoms. The highest BCUT2D eigenvalue weighted by molar-refractivity contribution is 5.88. The summed E-state index contributed by atoms with van der Waals surface area (Å²) in [7, 11) is 0. The van der Waals surface area contributed by atoms with E-state index in [0.717, 1.165) is 29.7 Å². The third-order valence-electron chi connectivity index (χ3n) is 7.39. The first-order valence-electron chi connectivity index (χ1n) is 14.0. The topological polar surface area (TPSA) is 136 Å². The van der Waals surface area contributed by atoms with Crippen molar-refractivity contribution in [2.75, 3.05) is 6.54 Å². The molecular weight excluding hydrogens is 520 g/mol. The molecule has 1 aliphatic heterocycles. The highest BCUT2D eigenvalue weighted by Gasteiger charge is 2.34. The molecule has 0 aliphatic carbocycles. The number of benzene rings is 2. The summed E-state index contributed by atoms with van der Waals surface area (Å²) < 4.78 is 5.08. The maximum atomic E-state index is 13.6. The lowest BCUT2D eigenvalue weighted by atomic mass is 10.0. The van der Waals surface area contributed by atoms with E-state index in [1.807, 2.05) is 72.5 Å². The first-order chi connectivity index (χ1) is 19.9. The minimum absolute atomic E-state index is 0.0411. The number of hydrogen-bond donors (Lipinski definition) is 4. The summed E-state index contributed by atoms with van der Waals surface area (Å²) in [6, 6.07) is 20.0. The summed E-state index contributed by atoms with van der Waals surface area (Å²) in [6.07, 6.45) is 2.77. The van der Waals surface area contributed by atoms with Crippen LogP contribution in [0, 0.1) is 6.92 Å². The number of aryl methyl sites for hydroxylation is 1. The minimum atomic E-state index is -1.30. The summed E-state index contributed by atoms with van der Waals surface area (Å²) >= 11 is 0. The van der Waals surface area contributed by atoms with E-state index >= 15 is 0 Å². The maximum Gasteiger partial charge on any atom is 0.238 e. The molecule has 3 heterocycles. The van der Waals surface area contributed by atoms with Gasteiger partial charge in [-0.15, -0.1) is 0 Å². The number of nitrogens with one attached hydrogen (secondary N) is 3. The number of H-pyrrole nitrogens is 1. The van der Waals surface area contributed by atoms with Crippen molar-refractivity contribution >= 4 is 11.8 Å². The largest absolute Gasteiger partial charge is 0.372 e. The molecule has 2 aromatic carbocycles. The van der Waals surface area contributed by atoms with E-state index in [1.165, 1.54) is 0 Å². The van der Waals surface area contributed by atoms with Crippen molar-refractivity contribution in [3.8, 4) is 0 Å². The predicted molar refractivity (Wildman–Crippen MR) is 152 cm³/mol. The van der Waals surface area contributed by atoms with Crippen LogP contribution in [0.3, 0.4) is 0 Å². The molecule has 4 atom stereocenters. The summed E-state index contributed by atoms with van der Waals surface area (Å²) in [4.78, 5) is 36.7. The van der Waals surface area contributed by atoms with Crippen molar-refractivity contribution in [2.45, 2.75) is 63.9 Å². The molecule has 1 saturated heterocycles. The van der Waals surface area contributed by atoms with Crippen LogP contribution in [0.1, 0.15) is 78.6 Å². The van der Waals surface area contributed by atoms with E-state index in [4.69, 9.17) is 4.52 Å². The molecule has 1 unspecified atom stereocenters. The number of aromatic amines is 1. The van der Waals surface area contributed by atoms with Gasteiger partial charge < -0.3 is 24.8 Å². The third-order valence-corrected chi connectivity index (χ3v) is 7.39. The predicted octanol–water partition coefficient (Wildman–Crippen LogP) is 3.88. The van der Waals surface area contributed by atoms with Crippen molar-refractivity contribution in [3.05, 3.63) is 107 Å². The lowest BCUT2D eigenvalue weighted by Gasteiger charge is -2.28. The molecule has 4 aromatic rings. The molecule has 214 valence electrons. The average Bonchev–Trinajstić information content (AvgIpc) is 3.75. The quantitative estimate of drug-likeness (QED) is 0.206. The standard InChI is InChI=1S/C31H36N6O4/c1-20-16-26(36-41-20)31(40)35-25(18-28(38)37-15-9-14-27(37)23-12-7-4-8-13-23)30(39)33-21(2)29-32-19-24(34-29)17-22-10-5-3-6-11-22/h3-8,10-13,16,19,21,25,27,31,35,40H,9,14-15,17-18H2,1-2H3,(H,32,34)(H,33,39)/t21-,25-,27+,31?/m0/s1. The highest BCUT2D eigenvalue weighted by atomic mass is 16.5. The zero-order valence-electron chi connectivity index (χ0n) is 23.3. The van der Waals surface area contributed by atoms with Crippen LogP contribution in [-0.4, -0.2) is 49.5 Å². The molecule has 0 spiro atoms. The molecule has 10 heteroatoms. The van der Waals surface area contributed by atoms with E-state index in [0.29, 0.717) is 24.6 Å². The van der Waals surface area contributed by atoms with Crippen LogP contribution in [0.25, 0.3) is 0 Å². The molecule has 1 fully saturated rings. The highest BCUT2D eigenvalue weighted by Crippen LogP contribution is 2.32. The molecule has 0 saturated carbocycles. The molecule has 0 radical (unpaired) electrons. The van der Waals surface area contributed by atoms with E-state index < -0.39 is 24.2 Å². The SMILES string of the molecule is Cc1cc(C(O)N[C@@H](CC(=O)N2CCC[C@@H]2c2ccccc2)C(=O)N[C@@H](C)c2ncc(Cc3ccccc3)[nH]2)no1. The second-order valence-corrected chi connectivity index (χ2v) is 10.5. The molecule has 5 rings (SSSR count). The van der Waals surface area contributed by atoms with Gasteiger partial charge in [-0.25, -0.2) is 4.98 Å². The fourth-order valence-corrected chi connectivity index (χ4v) is 5.28. The number of aliphatic hydroxyl groups excluding tert-OH is 1. The van der Waals surface area contributed by atoms with Crippen molar-refractivity contribution in [1.82, 2.24) is 30.7 Å². The summed E-state index contributed by atoms with van der Waals surface area (Å²) in [6.45, 7) is 4.15. The molecule has 2 amide bonds. The Labute approximate surface area is 239 Å². The number of imidazole rings is 1. The number of aromatic nitrogens is 3. The van der Waals surface area contributed by atoms with Crippen LogP contribution in [-0.2, 0) is 16.0 Å². The van der Waals surface area contributed by atoms with Crippen LogP contribution in [0.2, 0.25) is 0 Å². The Balaban J connectivity index is 1.28. The minimum Gasteiger partial charge on any atom is -0.372 e. The Morgan fingerprint density at radius 3 is 2.59 bits per heavy atom. The second-order valence-electron chi connectivity index (χ2n) is 10.5. The number of aliphatic hydroxyl groups is 1. The fourth-order valence-electron chi connectivity index (χ4n) is 5.28. The first-order valence-corrected chi connectivity index (χ1v) is 14.0. The average molecular weight is 557 g/mol. The van der Waals surface area contributed by atoms with Crippen molar-refractivity contribution in [3.63, 3.8) is 0 Å². The Bertz CT molecular complexity index is 1440. The van der Waals surface area contributed by atoms with Crippen molar-refractivity contribution in [1.29, 1.82) is 0 Å². The Kier molecular flexibility index (Phi) is 8.91. The molecule has 10 nitrogen and oxygen atoms in total. The van der Waals surface area contributed by atoms with Crippen LogP contribution < -0.4 is 10.6 Å². The van der Waals surface area contributed by atoms with Gasteiger partial charge >= 0.3 is 0 Å². The molecule has 2 aromatic heterocycles. The van der Waals surface area contributed by atoms with Gasteiger partial charge in [-0.3, -0.25) is 14.9 Å². The fraction of sp³-hybridized carbons (Fsp3) is 0.355. The lowest BCUT2D eigenvalue weighted by Crippen LogP contribution is -2.49. The van der Waals surface area contributed by atoms with E-state index in [-0.39, 0.29) is 24.1 Å². The van der Waals surface area contributed by atoms with Crippen LogP contribution in [0.5, 0.6) is 0 Å². The van der Waals surface area contributed by atoms with Gasteiger partial charge in [0.15, 0.2) is 6.23 Å². The van der Waals surface area contributed by atoms with Gasteiger partial charge in [-0.1, -0.05) is 65.8 Å². The monoisotopic (exact) mass is 556 g/mol. The summed E-state index contributed by atoms with van der Waals surface area (Å²) in [5.74, 6) is 0.536. The van der Waals surface area contributed by atoms with E-state index in [1.54, 1.807) is 19.2 Å². The number of carbonyl (C=O) groups is 2. The number of carbonyl (C=O) groups excluding carboxylic acids is 2. The number of hydrogen-bond acceptors (Lipinski definition) is 7. The number of nitrogens with zero attached hydrogens (tertiary/aromatic N) is 3. The Morgan fingerprint density at radius 2 is 1.88 bits per heavy atom. The zero-order chi connectivity index (χ0) is 28.8. The normalized spacial score (nSPS) is 17.2. The summed E-state index contributed by atoms with van der Waals surface area (Å²) in [5, 5.41) is 20.5. The second kappa shape index (κ2) is 12.9. The van der Waals surface area contributed by atoms with Crippen molar-refractivity contribution < 1.29 is 19.2 Å². The van der Waals surface area contributed by atoms with E-state index in [2.05, 4.69) is 25.8 Å². The van der Waals surface area contributed by atoms with E-state index in [9.17, 15) is 14.7 Å². The number of amides is 2. The van der Waals surface area contributed by atoms with Gasteiger partial charge in [0.2, 0.25) is 11.8 Å². The zero-order valence-corrected chi connectivity index (χ0v) is 23.3. The lowest BCUT2D eigenvalue weighted by molar-refractivity contribution is -0.136. The third kappa shape index (κ3) is 7.08. The smallest absolute Gasteiger partial charge is 0.238 e. The van der Waals surface area contributed by atoms with Crippen LogP contribution >= 0.6 is 0 Å². The molecule has 4 N–H and O–H groups in total. The summed E-state index contributed by atoms with van der Waals surface area (Å²) in [5.41, 5.74) is 3.38. The Morgan fingerprint density at radius 1 is 1.15 bits per heavy atom. The molecular formula is C31H36N6O4. The van der Waals surface area contributed by atoms with Gasteiger partial charge in [0, 0.05) is 30.9 Å². The van der Waals surface area contributed by atoms with Gasteiger partial charge in [0.1, 0.15) is 17.3 Å². The number of likely N-dealkylation sites (tertiary alicyclic amines) is 1. The first kappa shape index (κ1) is 28.3. The van der Waals surface area contributed by atoms with Gasteiger partial charge in [0.05, 0.1) is 24.5 Å². The molecule has 41 heavy (non-hydrogen) atoms. The molecule has 1 aliphatic rings. The van der Waals surface area contributed by atoms with Crippen LogP contribution in [0.4, 0.5) is 0 Å². The number of rotatable bonds is 11. The van der Waals surface area contributed by atoms with Gasteiger partial charge in [-0.05, 0) is 37.8 Å². The van der Waals surface area contributed by atoms with Crippen LogP contribution in [0.15, 0.2) is 77.4 Å².